The largest absolute Gasteiger partial charge is 0.396 e. The number of rotatable bonds is 3. The number of hydrogen-bond donors (Lipinski definition) is 3. The van der Waals surface area contributed by atoms with Crippen molar-refractivity contribution in [2.45, 2.75) is 18.4 Å². The molecule has 0 saturated carbocycles. The molecule has 1 aliphatic rings. The number of nitrogens with one attached hydrogen (secondary N) is 2. The molecular formula is C17H15ClN2O2S. The molecule has 6 heteroatoms. The summed E-state index contributed by atoms with van der Waals surface area (Å²) in [6.07, 6.45) is 0.744. The van der Waals surface area contributed by atoms with Gasteiger partial charge < -0.3 is 15.4 Å². The number of halogens is 1. The summed E-state index contributed by atoms with van der Waals surface area (Å²) in [6, 6.07) is 11.6. The SMILES string of the molecule is O=C(NC1Cc2ccccc2[C@H]1CO)c1cc2cc(Cl)sc2[nH]1. The lowest BCUT2D eigenvalue weighted by Gasteiger charge is -2.19. The van der Waals surface area contributed by atoms with Gasteiger partial charge in [-0.25, -0.2) is 0 Å². The molecule has 1 aliphatic carbocycles. The predicted octanol–water partition coefficient (Wildman–Crippen LogP) is 3.31. The zero-order chi connectivity index (χ0) is 16.0. The van der Waals surface area contributed by atoms with Crippen molar-refractivity contribution in [3.8, 4) is 0 Å². The highest BCUT2D eigenvalue weighted by Gasteiger charge is 2.33. The van der Waals surface area contributed by atoms with Crippen LogP contribution in [0.25, 0.3) is 10.2 Å². The molecular weight excluding hydrogens is 332 g/mol. The van der Waals surface area contributed by atoms with Crippen LogP contribution in [0.1, 0.15) is 27.5 Å². The van der Waals surface area contributed by atoms with E-state index >= 15 is 0 Å². The minimum absolute atomic E-state index is 0.0252. The normalized spacial score (nSPS) is 19.9. The summed E-state index contributed by atoms with van der Waals surface area (Å²) in [5, 5.41) is 13.7. The molecule has 1 amide bonds. The number of hydrogen-bond acceptors (Lipinski definition) is 3. The Morgan fingerprint density at radius 3 is 3.00 bits per heavy atom. The molecule has 1 unspecified atom stereocenters. The zero-order valence-electron chi connectivity index (χ0n) is 12.2. The first-order valence-corrected chi connectivity index (χ1v) is 8.62. The number of H-pyrrole nitrogens is 1. The summed E-state index contributed by atoms with van der Waals surface area (Å²) >= 11 is 7.37. The third kappa shape index (κ3) is 2.55. The topological polar surface area (TPSA) is 65.1 Å². The van der Waals surface area contributed by atoms with Gasteiger partial charge >= 0.3 is 0 Å². The number of carbonyl (C=O) groups is 1. The monoisotopic (exact) mass is 346 g/mol. The Hall–Kier alpha value is -1.82. The summed E-state index contributed by atoms with van der Waals surface area (Å²) in [7, 11) is 0. The summed E-state index contributed by atoms with van der Waals surface area (Å²) in [5.41, 5.74) is 2.84. The highest BCUT2D eigenvalue weighted by atomic mass is 35.5. The van der Waals surface area contributed by atoms with Crippen LogP contribution in [0.4, 0.5) is 0 Å². The third-order valence-electron chi connectivity index (χ3n) is 4.42. The molecule has 118 valence electrons. The molecule has 4 nitrogen and oxygen atoms in total. The van der Waals surface area contributed by atoms with Gasteiger partial charge in [0.05, 0.1) is 10.9 Å². The van der Waals surface area contributed by atoms with E-state index in [4.69, 9.17) is 11.6 Å². The standard InChI is InChI=1S/C17H15ClN2O2S/c18-15-7-10-6-14(20-17(10)23-15)16(22)19-13-5-9-3-1-2-4-11(9)12(13)8-21/h1-4,6-7,12-13,20-21H,5,8H2,(H,19,22)/t12-,13?/m1/s1. The quantitative estimate of drug-likeness (QED) is 0.681. The average Bonchev–Trinajstić information content (AvgIpc) is 3.16. The first kappa shape index (κ1) is 14.8. The van der Waals surface area contributed by atoms with Gasteiger partial charge in [-0.05, 0) is 29.7 Å². The van der Waals surface area contributed by atoms with Crippen molar-refractivity contribution in [3.63, 3.8) is 0 Å². The van der Waals surface area contributed by atoms with Crippen molar-refractivity contribution >= 4 is 39.1 Å². The minimum atomic E-state index is -0.152. The van der Waals surface area contributed by atoms with Crippen LogP contribution >= 0.6 is 22.9 Å². The minimum Gasteiger partial charge on any atom is -0.396 e. The molecule has 0 saturated heterocycles. The van der Waals surface area contributed by atoms with Crippen LogP contribution in [-0.2, 0) is 6.42 Å². The Morgan fingerprint density at radius 1 is 1.39 bits per heavy atom. The maximum atomic E-state index is 12.5. The highest BCUT2D eigenvalue weighted by Crippen LogP contribution is 2.33. The van der Waals surface area contributed by atoms with E-state index in [2.05, 4.69) is 16.4 Å². The number of amides is 1. The molecule has 4 rings (SSSR count). The fourth-order valence-electron chi connectivity index (χ4n) is 3.32. The molecule has 1 aromatic carbocycles. The molecule has 3 aromatic rings. The van der Waals surface area contributed by atoms with Crippen molar-refractivity contribution in [2.75, 3.05) is 6.61 Å². The lowest BCUT2D eigenvalue weighted by atomic mass is 9.99. The van der Waals surface area contributed by atoms with Crippen LogP contribution in [0.5, 0.6) is 0 Å². The zero-order valence-corrected chi connectivity index (χ0v) is 13.7. The van der Waals surface area contributed by atoms with Gasteiger partial charge in [0, 0.05) is 17.3 Å². The Bertz CT molecular complexity index is 854. The van der Waals surface area contributed by atoms with E-state index in [1.807, 2.05) is 30.3 Å². The van der Waals surface area contributed by atoms with Gasteiger partial charge in [0.1, 0.15) is 10.5 Å². The van der Waals surface area contributed by atoms with Crippen LogP contribution < -0.4 is 5.32 Å². The van der Waals surface area contributed by atoms with Crippen LogP contribution in [0.15, 0.2) is 36.4 Å². The van der Waals surface area contributed by atoms with E-state index in [0.717, 1.165) is 22.2 Å². The Labute approximate surface area is 142 Å². The van der Waals surface area contributed by atoms with Crippen molar-refractivity contribution in [1.82, 2.24) is 10.3 Å². The van der Waals surface area contributed by atoms with E-state index in [0.29, 0.717) is 10.0 Å². The van der Waals surface area contributed by atoms with E-state index in [1.165, 1.54) is 16.9 Å². The van der Waals surface area contributed by atoms with Gasteiger partial charge in [0.15, 0.2) is 0 Å². The average molecular weight is 347 g/mol. The van der Waals surface area contributed by atoms with Crippen molar-refractivity contribution in [2.24, 2.45) is 0 Å². The second kappa shape index (κ2) is 5.67. The summed E-state index contributed by atoms with van der Waals surface area (Å²) in [4.78, 5) is 16.5. The number of aliphatic hydroxyl groups excluding tert-OH is 1. The molecule has 0 radical (unpaired) electrons. The molecule has 0 fully saturated rings. The predicted molar refractivity (Wildman–Crippen MR) is 92.4 cm³/mol. The number of aromatic amines is 1. The molecule has 2 heterocycles. The summed E-state index contributed by atoms with van der Waals surface area (Å²) in [5.74, 6) is -0.207. The third-order valence-corrected chi connectivity index (χ3v) is 5.61. The second-order valence-corrected chi connectivity index (χ2v) is 7.47. The van der Waals surface area contributed by atoms with E-state index < -0.39 is 0 Å². The molecule has 0 bridgehead atoms. The highest BCUT2D eigenvalue weighted by molar-refractivity contribution is 7.22. The van der Waals surface area contributed by atoms with Gasteiger partial charge in [-0.1, -0.05) is 35.9 Å². The van der Waals surface area contributed by atoms with Gasteiger partial charge in [0.25, 0.3) is 5.91 Å². The van der Waals surface area contributed by atoms with Crippen LogP contribution in [0.3, 0.4) is 0 Å². The summed E-state index contributed by atoms with van der Waals surface area (Å²) in [6.45, 7) is 0.0252. The van der Waals surface area contributed by atoms with Crippen LogP contribution in [-0.4, -0.2) is 28.6 Å². The van der Waals surface area contributed by atoms with Crippen molar-refractivity contribution < 1.29 is 9.90 Å². The molecule has 0 aliphatic heterocycles. The lowest BCUT2D eigenvalue weighted by molar-refractivity contribution is 0.0922. The van der Waals surface area contributed by atoms with Gasteiger partial charge in [-0.2, -0.15) is 0 Å². The fraction of sp³-hybridized carbons (Fsp3) is 0.235. The number of thiophene rings is 1. The van der Waals surface area contributed by atoms with Crippen molar-refractivity contribution in [1.29, 1.82) is 0 Å². The molecule has 23 heavy (non-hydrogen) atoms. The maximum absolute atomic E-state index is 12.5. The van der Waals surface area contributed by atoms with Gasteiger partial charge in [-0.3, -0.25) is 4.79 Å². The van der Waals surface area contributed by atoms with E-state index in [-0.39, 0.29) is 24.5 Å². The maximum Gasteiger partial charge on any atom is 0.268 e. The Morgan fingerprint density at radius 2 is 2.22 bits per heavy atom. The van der Waals surface area contributed by atoms with Gasteiger partial charge in [0.2, 0.25) is 0 Å². The first-order valence-electron chi connectivity index (χ1n) is 7.43. The fourth-order valence-corrected chi connectivity index (χ4v) is 4.44. The van der Waals surface area contributed by atoms with E-state index in [1.54, 1.807) is 0 Å². The number of carbonyl (C=O) groups excluding carboxylic acids is 1. The smallest absolute Gasteiger partial charge is 0.268 e. The lowest BCUT2D eigenvalue weighted by Crippen LogP contribution is -2.39. The Kier molecular flexibility index (Phi) is 3.64. The molecule has 0 spiro atoms. The number of fused-ring (bicyclic) bond motifs is 2. The second-order valence-electron chi connectivity index (χ2n) is 5.79. The van der Waals surface area contributed by atoms with Gasteiger partial charge in [-0.15, -0.1) is 11.3 Å². The van der Waals surface area contributed by atoms with Crippen molar-refractivity contribution in [3.05, 3.63) is 57.6 Å². The number of aromatic nitrogens is 1. The van der Waals surface area contributed by atoms with Crippen LogP contribution in [0, 0.1) is 0 Å². The number of benzene rings is 1. The molecule has 2 aromatic heterocycles. The molecule has 3 N–H and O–H groups in total. The summed E-state index contributed by atoms with van der Waals surface area (Å²) < 4.78 is 0.699. The van der Waals surface area contributed by atoms with E-state index in [9.17, 15) is 9.90 Å². The Balaban J connectivity index is 1.55. The first-order chi connectivity index (χ1) is 11.2. The molecule has 2 atom stereocenters. The number of aliphatic hydroxyl groups is 1. The van der Waals surface area contributed by atoms with Crippen LogP contribution in [0.2, 0.25) is 4.34 Å².